The average Bonchev–Trinajstić information content (AvgIpc) is 2.96. The molecule has 3 aromatic rings. The van der Waals surface area contributed by atoms with Crippen LogP contribution >= 0.6 is 0 Å². The van der Waals surface area contributed by atoms with E-state index in [2.05, 4.69) is 0 Å². The molecule has 3 aromatic carbocycles. The number of esters is 1. The fourth-order valence-electron chi connectivity index (χ4n) is 3.68. The van der Waals surface area contributed by atoms with Crippen LogP contribution in [0.5, 0.6) is 17.2 Å². The van der Waals surface area contributed by atoms with E-state index in [9.17, 15) is 9.90 Å². The maximum absolute atomic E-state index is 12.6. The minimum Gasteiger partial charge on any atom is -0.508 e. The summed E-state index contributed by atoms with van der Waals surface area (Å²) in [5.41, 5.74) is 7.81. The number of nitrogens with two attached hydrogens (primary N) is 1. The summed E-state index contributed by atoms with van der Waals surface area (Å²) in [4.78, 5) is 12.6. The summed E-state index contributed by atoms with van der Waals surface area (Å²) >= 11 is 0. The quantitative estimate of drug-likeness (QED) is 0.453. The molecule has 0 saturated heterocycles. The third-order valence-corrected chi connectivity index (χ3v) is 4.72. The number of aromatic hydroxyl groups is 1. The van der Waals surface area contributed by atoms with Gasteiger partial charge in [-0.05, 0) is 30.3 Å². The lowest BCUT2D eigenvalue weighted by atomic mass is 9.77. The van der Waals surface area contributed by atoms with Crippen molar-refractivity contribution in [2.45, 2.75) is 19.4 Å². The van der Waals surface area contributed by atoms with Gasteiger partial charge in [-0.1, -0.05) is 38.1 Å². The van der Waals surface area contributed by atoms with Gasteiger partial charge in [-0.2, -0.15) is 0 Å². The molecule has 0 saturated carbocycles. The Morgan fingerprint density at radius 2 is 1.59 bits per heavy atom. The summed E-state index contributed by atoms with van der Waals surface area (Å²) in [6.07, 6.45) is 0. The van der Waals surface area contributed by atoms with Gasteiger partial charge in [-0.3, -0.25) is 0 Å². The van der Waals surface area contributed by atoms with E-state index in [-0.39, 0.29) is 5.75 Å². The largest absolute Gasteiger partial charge is 0.508 e. The number of ether oxygens (including phenoxy) is 2. The van der Waals surface area contributed by atoms with Crippen molar-refractivity contribution in [2.75, 3.05) is 5.73 Å². The van der Waals surface area contributed by atoms with Gasteiger partial charge in [0.25, 0.3) is 0 Å². The van der Waals surface area contributed by atoms with E-state index in [1.807, 2.05) is 44.2 Å². The number of fused-ring (bicyclic) bond motifs is 6. The third-order valence-electron chi connectivity index (χ3n) is 4.72. The Morgan fingerprint density at radius 1 is 0.889 bits per heavy atom. The number of carbonyl (C=O) groups excluding carboxylic acids is 1. The zero-order valence-electron chi connectivity index (χ0n) is 15.0. The number of phenols is 1. The first-order chi connectivity index (χ1) is 13.1. The standard InChI is InChI=1S/C20H13NO4.C2H6/c21-11-5-7-14-13(9-11)19(23)25-20(14)15-3-1-2-4-17(15)24-18-10-12(22)6-8-16(18)20;1-2/h1-10,22H,21H2;1-2H3. The SMILES string of the molecule is CC.Nc1ccc2c(c1)C(=O)OC21c2ccccc2Oc2cc(O)ccc21. The van der Waals surface area contributed by atoms with Crippen LogP contribution < -0.4 is 10.5 Å². The molecule has 0 fully saturated rings. The summed E-state index contributed by atoms with van der Waals surface area (Å²) in [5, 5.41) is 9.85. The number of hydrogen-bond donors (Lipinski definition) is 2. The number of carbonyl (C=O) groups is 1. The maximum atomic E-state index is 12.6. The zero-order valence-corrected chi connectivity index (χ0v) is 15.0. The molecular weight excluding hydrogens is 342 g/mol. The molecule has 2 aliphatic heterocycles. The highest BCUT2D eigenvalue weighted by Crippen LogP contribution is 2.56. The highest BCUT2D eigenvalue weighted by Gasteiger charge is 2.53. The molecule has 5 rings (SSSR count). The predicted molar refractivity (Wildman–Crippen MR) is 102 cm³/mol. The minimum absolute atomic E-state index is 0.0788. The second kappa shape index (κ2) is 6.06. The van der Waals surface area contributed by atoms with Crippen molar-refractivity contribution in [3.63, 3.8) is 0 Å². The monoisotopic (exact) mass is 361 g/mol. The molecule has 0 amide bonds. The van der Waals surface area contributed by atoms with Gasteiger partial charge in [0.05, 0.1) is 5.56 Å². The van der Waals surface area contributed by atoms with Crippen LogP contribution in [-0.2, 0) is 10.3 Å². The fourth-order valence-corrected chi connectivity index (χ4v) is 3.68. The number of rotatable bonds is 0. The van der Waals surface area contributed by atoms with Crippen molar-refractivity contribution in [3.8, 4) is 17.2 Å². The highest BCUT2D eigenvalue weighted by molar-refractivity contribution is 5.98. The first-order valence-electron chi connectivity index (χ1n) is 8.84. The van der Waals surface area contributed by atoms with E-state index < -0.39 is 11.6 Å². The van der Waals surface area contributed by atoms with Gasteiger partial charge in [0, 0.05) is 28.4 Å². The molecule has 1 spiro atoms. The Labute approximate surface area is 157 Å². The van der Waals surface area contributed by atoms with E-state index >= 15 is 0 Å². The van der Waals surface area contributed by atoms with Crippen LogP contribution in [0, 0.1) is 0 Å². The van der Waals surface area contributed by atoms with Gasteiger partial charge >= 0.3 is 5.97 Å². The Kier molecular flexibility index (Phi) is 3.81. The number of para-hydroxylation sites is 1. The smallest absolute Gasteiger partial charge is 0.340 e. The van der Waals surface area contributed by atoms with Crippen LogP contribution in [-0.4, -0.2) is 11.1 Å². The maximum Gasteiger partial charge on any atom is 0.340 e. The Hall–Kier alpha value is -3.47. The van der Waals surface area contributed by atoms with E-state index in [0.717, 1.165) is 11.1 Å². The van der Waals surface area contributed by atoms with Crippen molar-refractivity contribution in [1.29, 1.82) is 0 Å². The molecule has 5 heteroatoms. The topological polar surface area (TPSA) is 81.8 Å². The number of anilines is 1. The molecule has 0 aliphatic carbocycles. The molecular formula is C22H19NO4. The molecule has 27 heavy (non-hydrogen) atoms. The average molecular weight is 361 g/mol. The van der Waals surface area contributed by atoms with Gasteiger partial charge in [-0.15, -0.1) is 0 Å². The van der Waals surface area contributed by atoms with Crippen LogP contribution in [0.15, 0.2) is 60.7 Å². The molecule has 136 valence electrons. The van der Waals surface area contributed by atoms with Crippen molar-refractivity contribution in [1.82, 2.24) is 0 Å². The van der Waals surface area contributed by atoms with Gasteiger partial charge < -0.3 is 20.3 Å². The van der Waals surface area contributed by atoms with Crippen LogP contribution in [0.2, 0.25) is 0 Å². The number of hydrogen-bond acceptors (Lipinski definition) is 5. The second-order valence-electron chi connectivity index (χ2n) is 6.15. The zero-order chi connectivity index (χ0) is 19.2. The molecule has 0 bridgehead atoms. The van der Waals surface area contributed by atoms with E-state index in [1.165, 1.54) is 6.07 Å². The van der Waals surface area contributed by atoms with Gasteiger partial charge in [0.15, 0.2) is 5.60 Å². The molecule has 1 atom stereocenters. The lowest BCUT2D eigenvalue weighted by molar-refractivity contribution is 0.0224. The summed E-state index contributed by atoms with van der Waals surface area (Å²) in [6, 6.07) is 17.4. The van der Waals surface area contributed by atoms with Crippen LogP contribution in [0.3, 0.4) is 0 Å². The van der Waals surface area contributed by atoms with Crippen molar-refractivity contribution < 1.29 is 19.4 Å². The Balaban J connectivity index is 0.000000872. The summed E-state index contributed by atoms with van der Waals surface area (Å²) < 4.78 is 11.9. The van der Waals surface area contributed by atoms with Crippen LogP contribution in [0.1, 0.15) is 40.9 Å². The Morgan fingerprint density at radius 3 is 2.41 bits per heavy atom. The summed E-state index contributed by atoms with van der Waals surface area (Å²) in [6.45, 7) is 4.00. The van der Waals surface area contributed by atoms with Gasteiger partial charge in [0.2, 0.25) is 0 Å². The molecule has 0 radical (unpaired) electrons. The first-order valence-corrected chi connectivity index (χ1v) is 8.84. The predicted octanol–water partition coefficient (Wildman–Crippen LogP) is 4.57. The van der Waals surface area contributed by atoms with Crippen LogP contribution in [0.4, 0.5) is 5.69 Å². The van der Waals surface area contributed by atoms with E-state index in [4.69, 9.17) is 15.2 Å². The lowest BCUT2D eigenvalue weighted by Crippen LogP contribution is -2.32. The highest BCUT2D eigenvalue weighted by atomic mass is 16.6. The molecule has 5 nitrogen and oxygen atoms in total. The normalized spacial score (nSPS) is 18.4. The number of benzene rings is 3. The van der Waals surface area contributed by atoms with Crippen molar-refractivity contribution in [3.05, 3.63) is 82.9 Å². The summed E-state index contributed by atoms with van der Waals surface area (Å²) in [5.74, 6) is 0.683. The molecule has 0 aromatic heterocycles. The number of nitrogen functional groups attached to an aromatic ring is 1. The van der Waals surface area contributed by atoms with E-state index in [0.29, 0.717) is 28.3 Å². The molecule has 2 heterocycles. The number of phenolic OH excluding ortho intramolecular Hbond substituents is 1. The third kappa shape index (κ3) is 2.28. The molecule has 2 aliphatic rings. The minimum atomic E-state index is -1.11. The van der Waals surface area contributed by atoms with Gasteiger partial charge in [0.1, 0.15) is 17.2 Å². The molecule has 1 unspecified atom stereocenters. The fraction of sp³-hybridized carbons (Fsp3) is 0.136. The van der Waals surface area contributed by atoms with Crippen LogP contribution in [0.25, 0.3) is 0 Å². The van der Waals surface area contributed by atoms with E-state index in [1.54, 1.807) is 24.3 Å². The second-order valence-corrected chi connectivity index (χ2v) is 6.15. The van der Waals surface area contributed by atoms with Gasteiger partial charge in [-0.25, -0.2) is 4.79 Å². The molecule has 3 N–H and O–H groups in total. The van der Waals surface area contributed by atoms with Crippen molar-refractivity contribution in [2.24, 2.45) is 0 Å². The Bertz CT molecular complexity index is 1060. The summed E-state index contributed by atoms with van der Waals surface area (Å²) in [7, 11) is 0. The first kappa shape index (κ1) is 17.0. The lowest BCUT2D eigenvalue weighted by Gasteiger charge is -2.36. The van der Waals surface area contributed by atoms with Crippen molar-refractivity contribution >= 4 is 11.7 Å².